The van der Waals surface area contributed by atoms with E-state index in [1.807, 2.05) is 25.3 Å². The summed E-state index contributed by atoms with van der Waals surface area (Å²) in [5, 5.41) is 2.88. The highest BCUT2D eigenvalue weighted by atomic mass is 19.1. The predicted molar refractivity (Wildman–Crippen MR) is 125 cm³/mol. The lowest BCUT2D eigenvalue weighted by molar-refractivity contribution is -0.116. The normalized spacial score (nSPS) is 12.9. The summed E-state index contributed by atoms with van der Waals surface area (Å²) >= 11 is 0. The maximum absolute atomic E-state index is 14.8. The summed E-state index contributed by atoms with van der Waals surface area (Å²) in [4.78, 5) is 34.5. The number of benzene rings is 1. The van der Waals surface area contributed by atoms with Gasteiger partial charge in [0.15, 0.2) is 0 Å². The van der Waals surface area contributed by atoms with Crippen LogP contribution in [0.2, 0.25) is 0 Å². The Hall–Kier alpha value is -3.61. The van der Waals surface area contributed by atoms with Crippen molar-refractivity contribution in [1.29, 1.82) is 0 Å². The number of carbonyl (C=O) groups is 2. The molecule has 0 atom stereocenters. The average molecular weight is 447 g/mol. The number of aromatic nitrogens is 2. The molecule has 1 aliphatic rings. The largest absolute Gasteiger partial charge is 0.352 e. The monoisotopic (exact) mass is 446 g/mol. The molecule has 3 aromatic rings. The first-order chi connectivity index (χ1) is 15.9. The van der Waals surface area contributed by atoms with Crippen LogP contribution in [0, 0.1) is 18.7 Å². The fourth-order valence-electron chi connectivity index (χ4n) is 3.61. The van der Waals surface area contributed by atoms with E-state index in [-0.39, 0.29) is 17.5 Å². The maximum Gasteiger partial charge on any atom is 0.252 e. The molecule has 2 heterocycles. The van der Waals surface area contributed by atoms with Crippen molar-refractivity contribution in [3.05, 3.63) is 77.5 Å². The molecule has 0 unspecified atom stereocenters. The van der Waals surface area contributed by atoms with Crippen molar-refractivity contribution < 1.29 is 14.0 Å². The van der Waals surface area contributed by atoms with Crippen LogP contribution in [0.5, 0.6) is 0 Å². The Morgan fingerprint density at radius 1 is 1.09 bits per heavy atom. The van der Waals surface area contributed by atoms with Crippen molar-refractivity contribution in [3.63, 3.8) is 0 Å². The van der Waals surface area contributed by atoms with E-state index in [1.165, 1.54) is 24.1 Å². The summed E-state index contributed by atoms with van der Waals surface area (Å²) in [5.74, 6) is -0.382. The summed E-state index contributed by atoms with van der Waals surface area (Å²) in [7, 11) is 0. The van der Waals surface area contributed by atoms with Crippen molar-refractivity contribution in [1.82, 2.24) is 15.3 Å². The van der Waals surface area contributed by atoms with Crippen LogP contribution < -0.4 is 10.2 Å². The fourth-order valence-corrected chi connectivity index (χ4v) is 3.61. The molecule has 4 rings (SSSR count). The van der Waals surface area contributed by atoms with Crippen molar-refractivity contribution >= 4 is 17.5 Å². The molecule has 1 N–H and O–H groups in total. The number of carbonyl (C=O) groups excluding carboxylic acids is 2. The molecule has 0 bridgehead atoms. The number of halogens is 1. The summed E-state index contributed by atoms with van der Waals surface area (Å²) in [5.41, 5.74) is 3.88. The van der Waals surface area contributed by atoms with Gasteiger partial charge in [0.2, 0.25) is 5.91 Å². The zero-order chi connectivity index (χ0) is 23.4. The molecular formula is C26H27FN4O2. The molecule has 1 aromatic carbocycles. The van der Waals surface area contributed by atoms with Crippen LogP contribution in [0.4, 0.5) is 10.1 Å². The lowest BCUT2D eigenvalue weighted by Crippen LogP contribution is -2.31. The minimum atomic E-state index is -0.461. The van der Waals surface area contributed by atoms with Gasteiger partial charge in [-0.3, -0.25) is 19.6 Å². The van der Waals surface area contributed by atoms with E-state index in [2.05, 4.69) is 15.3 Å². The van der Waals surface area contributed by atoms with E-state index in [4.69, 9.17) is 0 Å². The quantitative estimate of drug-likeness (QED) is 0.559. The Morgan fingerprint density at radius 2 is 1.91 bits per heavy atom. The van der Waals surface area contributed by atoms with Crippen LogP contribution in [0.1, 0.15) is 41.4 Å². The SMILES string of the molecule is CC(=O)N(CC1CC1)c1ccc(-c2ccc(C(=O)NCCc3ccc(C)nc3)cn2)cc1F. The molecule has 0 saturated heterocycles. The zero-order valence-corrected chi connectivity index (χ0v) is 18.8. The van der Waals surface area contributed by atoms with Gasteiger partial charge >= 0.3 is 0 Å². The summed E-state index contributed by atoms with van der Waals surface area (Å²) in [6.45, 7) is 4.43. The van der Waals surface area contributed by atoms with Gasteiger partial charge in [0, 0.05) is 43.7 Å². The van der Waals surface area contributed by atoms with E-state index in [1.54, 1.807) is 24.3 Å². The molecule has 6 nitrogen and oxygen atoms in total. The molecule has 0 spiro atoms. The lowest BCUT2D eigenvalue weighted by Gasteiger charge is -2.22. The first-order valence-corrected chi connectivity index (χ1v) is 11.1. The molecule has 33 heavy (non-hydrogen) atoms. The van der Waals surface area contributed by atoms with Gasteiger partial charge in [-0.1, -0.05) is 12.1 Å². The number of anilines is 1. The van der Waals surface area contributed by atoms with Gasteiger partial charge in [-0.25, -0.2) is 4.39 Å². The third kappa shape index (κ3) is 5.80. The number of amides is 2. The van der Waals surface area contributed by atoms with E-state index in [0.717, 1.165) is 24.1 Å². The van der Waals surface area contributed by atoms with Gasteiger partial charge in [-0.15, -0.1) is 0 Å². The second kappa shape index (κ2) is 9.90. The Morgan fingerprint density at radius 3 is 2.52 bits per heavy atom. The van der Waals surface area contributed by atoms with Crippen molar-refractivity contribution in [2.45, 2.75) is 33.1 Å². The Bertz CT molecular complexity index is 1140. The van der Waals surface area contributed by atoms with E-state index < -0.39 is 5.82 Å². The summed E-state index contributed by atoms with van der Waals surface area (Å²) < 4.78 is 14.8. The molecule has 2 amide bonds. The van der Waals surface area contributed by atoms with Gasteiger partial charge in [0.25, 0.3) is 5.91 Å². The Balaban J connectivity index is 1.38. The van der Waals surface area contributed by atoms with Crippen LogP contribution in [-0.4, -0.2) is 34.9 Å². The van der Waals surface area contributed by atoms with Crippen LogP contribution in [0.3, 0.4) is 0 Å². The first-order valence-electron chi connectivity index (χ1n) is 11.1. The highest BCUT2D eigenvalue weighted by molar-refractivity contribution is 5.94. The second-order valence-corrected chi connectivity index (χ2v) is 8.49. The fraction of sp³-hybridized carbons (Fsp3) is 0.308. The molecular weight excluding hydrogens is 419 g/mol. The standard InChI is InChI=1S/C26H27FN4O2/c1-17-3-4-19(14-29-17)11-12-28-26(33)22-7-9-24(30-15-22)21-8-10-25(23(27)13-21)31(18(2)32)16-20-5-6-20/h3-4,7-10,13-15,20H,5-6,11-12,16H2,1-2H3,(H,28,33). The van der Waals surface area contributed by atoms with Crippen LogP contribution in [0.25, 0.3) is 11.3 Å². The van der Waals surface area contributed by atoms with Crippen LogP contribution in [0.15, 0.2) is 54.9 Å². The van der Waals surface area contributed by atoms with Gasteiger partial charge in [0.1, 0.15) is 5.82 Å². The second-order valence-electron chi connectivity index (χ2n) is 8.49. The molecule has 1 aliphatic carbocycles. The number of nitrogens with one attached hydrogen (secondary N) is 1. The Labute approximate surface area is 192 Å². The van der Waals surface area contributed by atoms with Crippen molar-refractivity contribution in [2.75, 3.05) is 18.0 Å². The van der Waals surface area contributed by atoms with E-state index in [0.29, 0.717) is 42.2 Å². The number of rotatable bonds is 8. The minimum absolute atomic E-state index is 0.166. The number of hydrogen-bond donors (Lipinski definition) is 1. The minimum Gasteiger partial charge on any atom is -0.352 e. The lowest BCUT2D eigenvalue weighted by atomic mass is 10.1. The molecule has 2 aromatic heterocycles. The number of aryl methyl sites for hydroxylation is 1. The molecule has 170 valence electrons. The van der Waals surface area contributed by atoms with Crippen molar-refractivity contribution in [3.8, 4) is 11.3 Å². The molecule has 1 fully saturated rings. The van der Waals surface area contributed by atoms with Crippen LogP contribution in [-0.2, 0) is 11.2 Å². The third-order valence-electron chi connectivity index (χ3n) is 5.75. The highest BCUT2D eigenvalue weighted by Gasteiger charge is 2.27. The maximum atomic E-state index is 14.8. The number of hydrogen-bond acceptors (Lipinski definition) is 4. The highest BCUT2D eigenvalue weighted by Crippen LogP contribution is 2.33. The summed E-state index contributed by atoms with van der Waals surface area (Å²) in [6, 6.07) is 12.1. The van der Waals surface area contributed by atoms with Gasteiger partial charge in [-0.05, 0) is 68.0 Å². The van der Waals surface area contributed by atoms with Crippen molar-refractivity contribution in [2.24, 2.45) is 5.92 Å². The number of pyridine rings is 2. The zero-order valence-electron chi connectivity index (χ0n) is 18.8. The molecule has 0 aliphatic heterocycles. The first kappa shape index (κ1) is 22.6. The van der Waals surface area contributed by atoms with Crippen LogP contribution >= 0.6 is 0 Å². The topological polar surface area (TPSA) is 75.2 Å². The van der Waals surface area contributed by atoms with Gasteiger partial charge < -0.3 is 10.2 Å². The number of nitrogens with zero attached hydrogens (tertiary/aromatic N) is 3. The predicted octanol–water partition coefficient (Wildman–Crippen LogP) is 4.33. The third-order valence-corrected chi connectivity index (χ3v) is 5.75. The van der Waals surface area contributed by atoms with E-state index >= 15 is 0 Å². The summed E-state index contributed by atoms with van der Waals surface area (Å²) in [6.07, 6.45) is 6.14. The van der Waals surface area contributed by atoms with E-state index in [9.17, 15) is 14.0 Å². The molecule has 1 saturated carbocycles. The molecule has 0 radical (unpaired) electrons. The Kier molecular flexibility index (Phi) is 6.77. The van der Waals surface area contributed by atoms with Gasteiger partial charge in [-0.2, -0.15) is 0 Å². The average Bonchev–Trinajstić information content (AvgIpc) is 3.63. The van der Waals surface area contributed by atoms with Gasteiger partial charge in [0.05, 0.1) is 16.9 Å². The smallest absolute Gasteiger partial charge is 0.252 e. The molecule has 7 heteroatoms.